The third-order valence-corrected chi connectivity index (χ3v) is 5.42. The number of hydrogen-bond donors (Lipinski definition) is 1. The number of aromatic nitrogens is 2. The van der Waals surface area contributed by atoms with Gasteiger partial charge in [0.05, 0.1) is 5.69 Å². The topological polar surface area (TPSA) is 41.1 Å². The standard InChI is InChI=1S/C23H25FN4.ClH/c1-4-20-16(3)22(28-12-11-17-7-5-6-8-18(17)14-28)27-23(25-20)26-21-10-9-19(24)13-15(21)2;/h5-10,13H,4,11-12,14H2,1-3H3,(H,25,26,27);1H. The van der Waals surface area contributed by atoms with Gasteiger partial charge in [0, 0.05) is 24.3 Å². The molecule has 6 heteroatoms. The van der Waals surface area contributed by atoms with Crippen molar-refractivity contribution < 1.29 is 4.39 Å². The predicted molar refractivity (Wildman–Crippen MR) is 119 cm³/mol. The lowest BCUT2D eigenvalue weighted by atomic mass is 9.99. The average molecular weight is 413 g/mol. The van der Waals surface area contributed by atoms with Gasteiger partial charge in [-0.25, -0.2) is 9.37 Å². The molecule has 0 atom stereocenters. The minimum Gasteiger partial charge on any atom is -0.352 e. The Bertz CT molecular complexity index is 1020. The number of anilines is 3. The largest absolute Gasteiger partial charge is 0.352 e. The van der Waals surface area contributed by atoms with Crippen LogP contribution in [0.15, 0.2) is 42.5 Å². The quantitative estimate of drug-likeness (QED) is 0.612. The third kappa shape index (κ3) is 4.35. The second-order valence-corrected chi connectivity index (χ2v) is 7.32. The molecular weight excluding hydrogens is 387 g/mol. The zero-order valence-corrected chi connectivity index (χ0v) is 17.8. The molecule has 4 rings (SSSR count). The Hall–Kier alpha value is -2.66. The Kier molecular flexibility index (Phi) is 6.38. The smallest absolute Gasteiger partial charge is 0.229 e. The van der Waals surface area contributed by atoms with Gasteiger partial charge in [0.25, 0.3) is 0 Å². The van der Waals surface area contributed by atoms with Crippen LogP contribution in [-0.2, 0) is 19.4 Å². The summed E-state index contributed by atoms with van der Waals surface area (Å²) in [5.74, 6) is 1.30. The minimum atomic E-state index is -0.241. The Morgan fingerprint density at radius 3 is 2.55 bits per heavy atom. The van der Waals surface area contributed by atoms with Crippen LogP contribution < -0.4 is 10.2 Å². The summed E-state index contributed by atoms with van der Waals surface area (Å²) in [7, 11) is 0. The number of nitrogens with one attached hydrogen (secondary N) is 1. The van der Waals surface area contributed by atoms with Gasteiger partial charge >= 0.3 is 0 Å². The number of rotatable bonds is 4. The highest BCUT2D eigenvalue weighted by atomic mass is 35.5. The first-order chi connectivity index (χ1) is 13.5. The highest BCUT2D eigenvalue weighted by Crippen LogP contribution is 2.29. The van der Waals surface area contributed by atoms with E-state index in [0.29, 0.717) is 5.95 Å². The first kappa shape index (κ1) is 21.1. The molecule has 0 aliphatic carbocycles. The molecule has 0 amide bonds. The van der Waals surface area contributed by atoms with Crippen molar-refractivity contribution in [1.82, 2.24) is 9.97 Å². The van der Waals surface area contributed by atoms with Gasteiger partial charge in [0.2, 0.25) is 5.95 Å². The van der Waals surface area contributed by atoms with E-state index in [4.69, 9.17) is 9.97 Å². The summed E-state index contributed by atoms with van der Waals surface area (Å²) < 4.78 is 13.4. The molecule has 0 unspecified atom stereocenters. The first-order valence-electron chi connectivity index (χ1n) is 9.77. The van der Waals surface area contributed by atoms with Crippen molar-refractivity contribution in [2.75, 3.05) is 16.8 Å². The van der Waals surface area contributed by atoms with Crippen molar-refractivity contribution in [3.63, 3.8) is 0 Å². The van der Waals surface area contributed by atoms with Gasteiger partial charge in [0.15, 0.2) is 0 Å². The fourth-order valence-corrected chi connectivity index (χ4v) is 3.82. The second-order valence-electron chi connectivity index (χ2n) is 7.32. The van der Waals surface area contributed by atoms with E-state index < -0.39 is 0 Å². The van der Waals surface area contributed by atoms with E-state index in [2.05, 4.69) is 48.3 Å². The molecule has 1 aliphatic heterocycles. The molecule has 29 heavy (non-hydrogen) atoms. The zero-order valence-electron chi connectivity index (χ0n) is 17.0. The number of nitrogens with zero attached hydrogens (tertiary/aromatic N) is 3. The maximum absolute atomic E-state index is 13.4. The van der Waals surface area contributed by atoms with E-state index in [0.717, 1.165) is 54.3 Å². The van der Waals surface area contributed by atoms with Crippen molar-refractivity contribution >= 4 is 29.9 Å². The summed E-state index contributed by atoms with van der Waals surface area (Å²) in [5.41, 5.74) is 6.59. The molecule has 152 valence electrons. The molecule has 1 aliphatic rings. The van der Waals surface area contributed by atoms with Crippen LogP contribution in [0.4, 0.5) is 21.8 Å². The van der Waals surface area contributed by atoms with Gasteiger partial charge < -0.3 is 10.2 Å². The van der Waals surface area contributed by atoms with Gasteiger partial charge in [-0.15, -0.1) is 12.4 Å². The molecule has 4 nitrogen and oxygen atoms in total. The van der Waals surface area contributed by atoms with Crippen LogP contribution in [0.1, 0.15) is 34.9 Å². The van der Waals surface area contributed by atoms with Gasteiger partial charge in [-0.3, -0.25) is 0 Å². The molecular formula is C23H26ClFN4. The molecule has 0 saturated carbocycles. The third-order valence-electron chi connectivity index (χ3n) is 5.42. The maximum atomic E-state index is 13.4. The van der Waals surface area contributed by atoms with E-state index in [1.165, 1.54) is 23.3 Å². The summed E-state index contributed by atoms with van der Waals surface area (Å²) >= 11 is 0. The summed E-state index contributed by atoms with van der Waals surface area (Å²) in [6.07, 6.45) is 1.85. The molecule has 0 spiro atoms. The Morgan fingerprint density at radius 1 is 1.07 bits per heavy atom. The molecule has 0 fully saturated rings. The normalized spacial score (nSPS) is 12.9. The Balaban J connectivity index is 0.00000240. The van der Waals surface area contributed by atoms with Crippen LogP contribution in [0.2, 0.25) is 0 Å². The molecule has 1 N–H and O–H groups in total. The molecule has 0 saturated heterocycles. The van der Waals surface area contributed by atoms with E-state index in [-0.39, 0.29) is 18.2 Å². The monoisotopic (exact) mass is 412 g/mol. The van der Waals surface area contributed by atoms with Crippen molar-refractivity contribution in [2.45, 2.75) is 40.2 Å². The lowest BCUT2D eigenvalue weighted by Crippen LogP contribution is -2.32. The van der Waals surface area contributed by atoms with Crippen LogP contribution in [0.5, 0.6) is 0 Å². The SMILES string of the molecule is CCc1nc(Nc2ccc(F)cc2C)nc(N2CCc3ccccc3C2)c1C.Cl. The Morgan fingerprint density at radius 2 is 1.83 bits per heavy atom. The van der Waals surface area contributed by atoms with Gasteiger partial charge in [0.1, 0.15) is 11.6 Å². The molecule has 1 aromatic heterocycles. The van der Waals surface area contributed by atoms with Gasteiger partial charge in [-0.05, 0) is 61.6 Å². The summed E-state index contributed by atoms with van der Waals surface area (Å²) in [6, 6.07) is 13.3. The average Bonchev–Trinajstić information content (AvgIpc) is 2.70. The Labute approximate surface area is 177 Å². The summed E-state index contributed by atoms with van der Waals surface area (Å²) in [6.45, 7) is 7.88. The van der Waals surface area contributed by atoms with Crippen LogP contribution in [0, 0.1) is 19.7 Å². The van der Waals surface area contributed by atoms with E-state index in [1.807, 2.05) is 6.92 Å². The molecule has 2 aromatic carbocycles. The highest BCUT2D eigenvalue weighted by Gasteiger charge is 2.21. The van der Waals surface area contributed by atoms with Crippen molar-refractivity contribution in [3.8, 4) is 0 Å². The number of benzene rings is 2. The minimum absolute atomic E-state index is 0. The highest BCUT2D eigenvalue weighted by molar-refractivity contribution is 5.85. The maximum Gasteiger partial charge on any atom is 0.229 e. The predicted octanol–water partition coefficient (Wildman–Crippen LogP) is 5.52. The van der Waals surface area contributed by atoms with Gasteiger partial charge in [-0.2, -0.15) is 4.98 Å². The fraction of sp³-hybridized carbons (Fsp3) is 0.304. The van der Waals surface area contributed by atoms with Gasteiger partial charge in [-0.1, -0.05) is 31.2 Å². The molecule has 0 bridgehead atoms. The zero-order chi connectivity index (χ0) is 19.7. The van der Waals surface area contributed by atoms with Crippen LogP contribution in [0.3, 0.4) is 0 Å². The second kappa shape index (κ2) is 8.78. The number of halogens is 2. The molecule has 2 heterocycles. The van der Waals surface area contributed by atoms with Crippen LogP contribution in [0.25, 0.3) is 0 Å². The number of hydrogen-bond acceptors (Lipinski definition) is 4. The molecule has 3 aromatic rings. The number of fused-ring (bicyclic) bond motifs is 1. The van der Waals surface area contributed by atoms with Crippen LogP contribution in [-0.4, -0.2) is 16.5 Å². The first-order valence-corrected chi connectivity index (χ1v) is 9.77. The van der Waals surface area contributed by atoms with Crippen molar-refractivity contribution in [1.29, 1.82) is 0 Å². The lowest BCUT2D eigenvalue weighted by molar-refractivity contribution is 0.627. The summed E-state index contributed by atoms with van der Waals surface area (Å²) in [5, 5.41) is 3.28. The van der Waals surface area contributed by atoms with E-state index in [9.17, 15) is 4.39 Å². The van der Waals surface area contributed by atoms with Crippen molar-refractivity contribution in [3.05, 3.63) is 76.2 Å². The van der Waals surface area contributed by atoms with E-state index in [1.54, 1.807) is 6.07 Å². The van der Waals surface area contributed by atoms with Crippen LogP contribution >= 0.6 is 12.4 Å². The fourth-order valence-electron chi connectivity index (χ4n) is 3.82. The van der Waals surface area contributed by atoms with Crippen molar-refractivity contribution in [2.24, 2.45) is 0 Å². The number of aryl methyl sites for hydroxylation is 2. The molecule has 0 radical (unpaired) electrons. The summed E-state index contributed by atoms with van der Waals surface area (Å²) in [4.78, 5) is 11.9. The van der Waals surface area contributed by atoms with E-state index >= 15 is 0 Å². The lowest BCUT2D eigenvalue weighted by Gasteiger charge is -2.31.